The van der Waals surface area contributed by atoms with Gasteiger partial charge in [0.15, 0.2) is 0 Å². The van der Waals surface area contributed by atoms with Crippen molar-refractivity contribution in [2.75, 3.05) is 5.32 Å². The number of hydrogen-bond acceptors (Lipinski definition) is 3. The van der Waals surface area contributed by atoms with Crippen LogP contribution in [0.5, 0.6) is 0 Å². The van der Waals surface area contributed by atoms with Gasteiger partial charge in [-0.2, -0.15) is 0 Å². The van der Waals surface area contributed by atoms with E-state index < -0.39 is 17.8 Å². The van der Waals surface area contributed by atoms with E-state index in [1.807, 2.05) is 12.1 Å². The molecule has 7 heteroatoms. The molecule has 0 saturated heterocycles. The monoisotopic (exact) mass is 375 g/mol. The Kier molecular flexibility index (Phi) is 6.92. The Morgan fingerprint density at radius 2 is 1.35 bits per heavy atom. The van der Waals surface area contributed by atoms with Gasteiger partial charge in [-0.15, -0.1) is 12.4 Å². The number of carbonyl (C=O) groups is 3. The van der Waals surface area contributed by atoms with Crippen molar-refractivity contribution in [2.45, 2.75) is 26.2 Å². The molecule has 0 heterocycles. The highest BCUT2D eigenvalue weighted by molar-refractivity contribution is 6.08. The minimum Gasteiger partial charge on any atom is -0.366 e. The molecule has 0 atom stereocenters. The van der Waals surface area contributed by atoms with Crippen molar-refractivity contribution in [3.05, 3.63) is 65.2 Å². The largest absolute Gasteiger partial charge is 0.366 e. The molecule has 0 saturated carbocycles. The number of halogens is 1. The molecule has 0 fully saturated rings. The number of urea groups is 1. The van der Waals surface area contributed by atoms with Gasteiger partial charge in [-0.1, -0.05) is 32.9 Å². The number of nitrogens with one attached hydrogen (secondary N) is 2. The van der Waals surface area contributed by atoms with E-state index in [2.05, 4.69) is 31.4 Å². The van der Waals surface area contributed by atoms with Crippen molar-refractivity contribution in [2.24, 2.45) is 5.73 Å². The summed E-state index contributed by atoms with van der Waals surface area (Å²) in [6, 6.07) is 12.5. The van der Waals surface area contributed by atoms with E-state index in [0.29, 0.717) is 16.8 Å². The average molecular weight is 376 g/mol. The maximum absolute atomic E-state index is 12.1. The lowest BCUT2D eigenvalue weighted by Crippen LogP contribution is -2.34. The van der Waals surface area contributed by atoms with E-state index in [9.17, 15) is 14.4 Å². The van der Waals surface area contributed by atoms with E-state index in [4.69, 9.17) is 5.73 Å². The quantitative estimate of drug-likeness (QED) is 0.765. The van der Waals surface area contributed by atoms with Gasteiger partial charge in [-0.25, -0.2) is 4.79 Å². The van der Waals surface area contributed by atoms with Crippen LogP contribution in [0.15, 0.2) is 48.5 Å². The SMILES string of the molecule is CC(C)(C)c1ccc(C(=O)NC(=O)Nc2ccc(C(N)=O)cc2)cc1.Cl. The highest BCUT2D eigenvalue weighted by Gasteiger charge is 2.15. The minimum absolute atomic E-state index is 0. The maximum atomic E-state index is 12.1. The molecule has 138 valence electrons. The van der Waals surface area contributed by atoms with Crippen LogP contribution in [0.1, 0.15) is 47.1 Å². The van der Waals surface area contributed by atoms with Crippen LogP contribution in [0.4, 0.5) is 10.5 Å². The molecule has 4 N–H and O–H groups in total. The van der Waals surface area contributed by atoms with Gasteiger partial charge in [0.1, 0.15) is 0 Å². The maximum Gasteiger partial charge on any atom is 0.326 e. The Labute approximate surface area is 158 Å². The summed E-state index contributed by atoms with van der Waals surface area (Å²) in [7, 11) is 0. The summed E-state index contributed by atoms with van der Waals surface area (Å²) < 4.78 is 0. The van der Waals surface area contributed by atoms with Crippen LogP contribution in [0, 0.1) is 0 Å². The Morgan fingerprint density at radius 1 is 0.846 bits per heavy atom. The van der Waals surface area contributed by atoms with Crippen LogP contribution in [0.25, 0.3) is 0 Å². The number of carbonyl (C=O) groups excluding carboxylic acids is 3. The second kappa shape index (κ2) is 8.49. The first-order valence-corrected chi connectivity index (χ1v) is 7.79. The van der Waals surface area contributed by atoms with Gasteiger partial charge in [-0.3, -0.25) is 14.9 Å². The predicted molar refractivity (Wildman–Crippen MR) is 104 cm³/mol. The number of hydrogen-bond donors (Lipinski definition) is 3. The number of rotatable bonds is 3. The molecule has 4 amide bonds. The van der Waals surface area contributed by atoms with E-state index in [1.54, 1.807) is 12.1 Å². The molecule has 0 radical (unpaired) electrons. The first-order chi connectivity index (χ1) is 11.7. The fraction of sp³-hybridized carbons (Fsp3) is 0.211. The number of benzene rings is 2. The van der Waals surface area contributed by atoms with Crippen molar-refractivity contribution in [1.29, 1.82) is 0 Å². The summed E-state index contributed by atoms with van der Waals surface area (Å²) in [6.07, 6.45) is 0. The molecule has 2 aromatic rings. The van der Waals surface area contributed by atoms with Gasteiger partial charge in [0.05, 0.1) is 0 Å². The summed E-state index contributed by atoms with van der Waals surface area (Å²) in [5, 5.41) is 4.78. The molecular weight excluding hydrogens is 354 g/mol. The highest BCUT2D eigenvalue weighted by Crippen LogP contribution is 2.22. The lowest BCUT2D eigenvalue weighted by molar-refractivity contribution is 0.0965. The molecular formula is C19H22ClN3O3. The molecule has 0 bridgehead atoms. The van der Waals surface area contributed by atoms with E-state index >= 15 is 0 Å². The van der Waals surface area contributed by atoms with Crippen molar-refractivity contribution >= 4 is 35.9 Å². The standard InChI is InChI=1S/C19H21N3O3.ClH/c1-19(2,3)14-8-4-13(5-9-14)17(24)22-18(25)21-15-10-6-12(7-11-15)16(20)23;/h4-11H,1-3H3,(H2,20,23)(H2,21,22,24,25);1H. The van der Waals surface area contributed by atoms with Gasteiger partial charge in [0.25, 0.3) is 5.91 Å². The van der Waals surface area contributed by atoms with Gasteiger partial charge in [0, 0.05) is 16.8 Å². The first kappa shape index (κ1) is 21.2. The van der Waals surface area contributed by atoms with Crippen molar-refractivity contribution in [1.82, 2.24) is 5.32 Å². The number of amides is 4. The second-order valence-electron chi connectivity index (χ2n) is 6.68. The molecule has 6 nitrogen and oxygen atoms in total. The lowest BCUT2D eigenvalue weighted by atomic mass is 9.87. The van der Waals surface area contributed by atoms with Crippen LogP contribution in [0.3, 0.4) is 0 Å². The topological polar surface area (TPSA) is 101 Å². The van der Waals surface area contributed by atoms with Gasteiger partial charge >= 0.3 is 6.03 Å². The normalized spacial score (nSPS) is 10.4. The van der Waals surface area contributed by atoms with Crippen LogP contribution >= 0.6 is 12.4 Å². The molecule has 2 rings (SSSR count). The van der Waals surface area contributed by atoms with E-state index in [1.165, 1.54) is 24.3 Å². The number of imide groups is 1. The van der Waals surface area contributed by atoms with E-state index in [0.717, 1.165) is 5.56 Å². The molecule has 0 aliphatic heterocycles. The first-order valence-electron chi connectivity index (χ1n) is 7.79. The summed E-state index contributed by atoms with van der Waals surface area (Å²) in [4.78, 5) is 35.0. The number of nitrogens with two attached hydrogens (primary N) is 1. The van der Waals surface area contributed by atoms with Crippen molar-refractivity contribution < 1.29 is 14.4 Å². The third-order valence-corrected chi connectivity index (χ3v) is 3.67. The Bertz CT molecular complexity index is 794. The number of anilines is 1. The van der Waals surface area contributed by atoms with E-state index in [-0.39, 0.29) is 17.8 Å². The molecule has 2 aromatic carbocycles. The van der Waals surface area contributed by atoms with Gasteiger partial charge in [0.2, 0.25) is 5.91 Å². The van der Waals surface area contributed by atoms with Crippen LogP contribution in [-0.2, 0) is 5.41 Å². The van der Waals surface area contributed by atoms with Crippen LogP contribution < -0.4 is 16.4 Å². The Hall–Kier alpha value is -2.86. The smallest absolute Gasteiger partial charge is 0.326 e. The fourth-order valence-electron chi connectivity index (χ4n) is 2.18. The highest BCUT2D eigenvalue weighted by atomic mass is 35.5. The molecule has 0 aliphatic carbocycles. The third-order valence-electron chi connectivity index (χ3n) is 3.67. The van der Waals surface area contributed by atoms with Gasteiger partial charge in [-0.05, 0) is 47.4 Å². The zero-order valence-electron chi connectivity index (χ0n) is 14.8. The van der Waals surface area contributed by atoms with Crippen LogP contribution in [0.2, 0.25) is 0 Å². The summed E-state index contributed by atoms with van der Waals surface area (Å²) in [5.41, 5.74) is 7.41. The molecule has 0 unspecified atom stereocenters. The lowest BCUT2D eigenvalue weighted by Gasteiger charge is -2.19. The Morgan fingerprint density at radius 3 is 1.81 bits per heavy atom. The minimum atomic E-state index is -0.656. The zero-order valence-corrected chi connectivity index (χ0v) is 15.6. The number of primary amides is 1. The zero-order chi connectivity index (χ0) is 18.6. The van der Waals surface area contributed by atoms with Crippen molar-refractivity contribution in [3.63, 3.8) is 0 Å². The van der Waals surface area contributed by atoms with Crippen LogP contribution in [-0.4, -0.2) is 17.8 Å². The molecule has 0 aliphatic rings. The second-order valence-corrected chi connectivity index (χ2v) is 6.68. The average Bonchev–Trinajstić information content (AvgIpc) is 2.54. The third kappa shape index (κ3) is 5.60. The molecule has 0 aromatic heterocycles. The Balaban J connectivity index is 0.00000338. The predicted octanol–water partition coefficient (Wildman–Crippen LogP) is 3.47. The fourth-order valence-corrected chi connectivity index (χ4v) is 2.18. The van der Waals surface area contributed by atoms with Gasteiger partial charge < -0.3 is 11.1 Å². The summed E-state index contributed by atoms with van der Waals surface area (Å²) in [6.45, 7) is 6.25. The molecule has 0 spiro atoms. The summed E-state index contributed by atoms with van der Waals surface area (Å²) >= 11 is 0. The van der Waals surface area contributed by atoms with Crippen molar-refractivity contribution in [3.8, 4) is 0 Å². The summed E-state index contributed by atoms with van der Waals surface area (Å²) in [5.74, 6) is -1.04. The molecule has 26 heavy (non-hydrogen) atoms.